The maximum Gasteiger partial charge on any atom is 1.00 e. The number of halogens is 1. The molecule has 0 radical (unpaired) electrons. The van der Waals surface area contributed by atoms with Gasteiger partial charge in [0.15, 0.2) is 0 Å². The van der Waals surface area contributed by atoms with Gasteiger partial charge in [0.25, 0.3) is 0 Å². The van der Waals surface area contributed by atoms with Crippen LogP contribution in [-0.2, 0) is 4.79 Å². The first-order valence-corrected chi connectivity index (χ1v) is 4.84. The molecule has 0 aliphatic rings. The van der Waals surface area contributed by atoms with Gasteiger partial charge in [-0.3, -0.25) is 4.79 Å². The monoisotopic (exact) mass is 219 g/mol. The van der Waals surface area contributed by atoms with Crippen LogP contribution in [0.25, 0.3) is 0 Å². The number of carboxylic acids is 1. The van der Waals surface area contributed by atoms with Crippen molar-refractivity contribution in [2.24, 2.45) is 0 Å². The summed E-state index contributed by atoms with van der Waals surface area (Å²) >= 11 is 0. The molecule has 1 aromatic rings. The first-order valence-electron chi connectivity index (χ1n) is 4.84. The van der Waals surface area contributed by atoms with Gasteiger partial charge in [0.05, 0.1) is 6.42 Å². The molecule has 3 nitrogen and oxygen atoms in total. The summed E-state index contributed by atoms with van der Waals surface area (Å²) in [5.41, 5.74) is 0.792. The van der Waals surface area contributed by atoms with E-state index in [9.17, 15) is 9.18 Å². The Morgan fingerprint density at radius 1 is 1.50 bits per heavy atom. The minimum atomic E-state index is -0.870. The summed E-state index contributed by atoms with van der Waals surface area (Å²) in [6.45, 7) is 2.58. The molecule has 0 saturated heterocycles. The van der Waals surface area contributed by atoms with Crippen molar-refractivity contribution >= 4 is 5.97 Å². The van der Waals surface area contributed by atoms with Crippen molar-refractivity contribution < 1.29 is 34.6 Å². The van der Waals surface area contributed by atoms with Crippen molar-refractivity contribution in [1.29, 1.82) is 0 Å². The van der Waals surface area contributed by atoms with E-state index in [-0.39, 0.29) is 38.6 Å². The van der Waals surface area contributed by atoms with Crippen molar-refractivity contribution in [2.45, 2.75) is 19.4 Å². The van der Waals surface area contributed by atoms with E-state index in [2.05, 4.69) is 5.32 Å². The van der Waals surface area contributed by atoms with Crippen LogP contribution >= 0.6 is 0 Å². The quantitative estimate of drug-likeness (QED) is 0.629. The van der Waals surface area contributed by atoms with Gasteiger partial charge in [-0.2, -0.15) is 0 Å². The molecule has 0 unspecified atom stereocenters. The summed E-state index contributed by atoms with van der Waals surface area (Å²) in [5, 5.41) is 11.8. The van der Waals surface area contributed by atoms with Crippen LogP contribution < -0.4 is 24.2 Å². The number of hydrogen-bond acceptors (Lipinski definition) is 2. The molecule has 0 amide bonds. The third-order valence-electron chi connectivity index (χ3n) is 2.10. The fourth-order valence-corrected chi connectivity index (χ4v) is 1.42. The normalized spacial score (nSPS) is 11.6. The van der Waals surface area contributed by atoms with E-state index in [4.69, 9.17) is 5.11 Å². The molecule has 1 aromatic carbocycles. The number of nitrogens with one attached hydrogen (secondary N) is 1. The van der Waals surface area contributed by atoms with E-state index in [1.165, 1.54) is 12.1 Å². The number of carbonyl (C=O) groups is 1. The Hall–Kier alpha value is -0.823. The molecular weight excluding hydrogens is 204 g/mol. The zero-order chi connectivity index (χ0) is 11.3. The Morgan fingerprint density at radius 2 is 2.06 bits per heavy atom. The van der Waals surface area contributed by atoms with Crippen LogP contribution in [0.4, 0.5) is 4.39 Å². The van der Waals surface area contributed by atoms with E-state index in [1.54, 1.807) is 12.1 Å². The van der Waals surface area contributed by atoms with Gasteiger partial charge in [-0.25, -0.2) is 4.39 Å². The Balaban J connectivity index is 0. The molecule has 0 heterocycles. The van der Waals surface area contributed by atoms with Gasteiger partial charge in [0, 0.05) is 6.04 Å². The minimum absolute atomic E-state index is 0. The van der Waals surface area contributed by atoms with Gasteiger partial charge >= 0.3 is 24.8 Å². The van der Waals surface area contributed by atoms with Crippen molar-refractivity contribution in [3.63, 3.8) is 0 Å². The fourth-order valence-electron chi connectivity index (χ4n) is 1.42. The topological polar surface area (TPSA) is 49.3 Å². The van der Waals surface area contributed by atoms with Crippen LogP contribution in [0.3, 0.4) is 0 Å². The van der Waals surface area contributed by atoms with Crippen LogP contribution in [0, 0.1) is 5.82 Å². The number of hydrogen-bond donors (Lipinski definition) is 2. The first kappa shape index (κ1) is 15.2. The molecule has 1 rings (SSSR count). The molecule has 1 atom stereocenters. The van der Waals surface area contributed by atoms with E-state index in [1.807, 2.05) is 6.92 Å². The number of rotatable bonds is 5. The number of carboxylic acid groups (broad SMARTS) is 1. The Morgan fingerprint density at radius 3 is 2.50 bits per heavy atom. The third kappa shape index (κ3) is 4.80. The molecule has 0 saturated carbocycles. The summed E-state index contributed by atoms with van der Waals surface area (Å²) in [7, 11) is 0. The average Bonchev–Trinajstić information content (AvgIpc) is 2.17. The summed E-state index contributed by atoms with van der Waals surface area (Å²) in [6.07, 6.45) is -0.000523. The molecule has 0 aliphatic carbocycles. The maximum atomic E-state index is 12.7. The average molecular weight is 219 g/mol. The summed E-state index contributed by atoms with van der Waals surface area (Å²) in [4.78, 5) is 10.6. The van der Waals surface area contributed by atoms with E-state index in [0.29, 0.717) is 6.54 Å². The molecule has 84 valence electrons. The molecule has 0 aliphatic heterocycles. The van der Waals surface area contributed by atoms with Crippen LogP contribution in [-0.4, -0.2) is 17.6 Å². The molecule has 0 aromatic heterocycles. The first-order chi connectivity index (χ1) is 7.13. The maximum absolute atomic E-state index is 12.7. The van der Waals surface area contributed by atoms with E-state index < -0.39 is 5.97 Å². The summed E-state index contributed by atoms with van der Waals surface area (Å²) < 4.78 is 12.7. The second-order valence-electron chi connectivity index (χ2n) is 3.26. The smallest absolute Gasteiger partial charge is 1.00 e. The van der Waals surface area contributed by atoms with Crippen LogP contribution in [0.5, 0.6) is 0 Å². The van der Waals surface area contributed by atoms with Crippen molar-refractivity contribution in [3.8, 4) is 0 Å². The van der Waals surface area contributed by atoms with Gasteiger partial charge in [-0.1, -0.05) is 19.1 Å². The van der Waals surface area contributed by atoms with Crippen molar-refractivity contribution in [2.75, 3.05) is 6.54 Å². The van der Waals surface area contributed by atoms with Crippen molar-refractivity contribution in [3.05, 3.63) is 35.6 Å². The van der Waals surface area contributed by atoms with Crippen LogP contribution in [0.2, 0.25) is 0 Å². The standard InChI is InChI=1S/C11H14FNO2.Li.H/c1-2-13-10(7-11(14)15)8-3-5-9(12)6-4-8;;/h3-6,10,13H,2,7H2,1H3,(H,14,15);;/q;+1;-1/t10-;;/m1../s1. The summed E-state index contributed by atoms with van der Waals surface area (Å²) in [6, 6.07) is 5.62. The summed E-state index contributed by atoms with van der Waals surface area (Å²) in [5.74, 6) is -1.19. The molecule has 5 heteroatoms. The van der Waals surface area contributed by atoms with E-state index >= 15 is 0 Å². The zero-order valence-electron chi connectivity index (χ0n) is 10.5. The Bertz CT molecular complexity index is 335. The number of aliphatic carboxylic acids is 1. The second-order valence-corrected chi connectivity index (χ2v) is 3.26. The molecule has 0 bridgehead atoms. The molecule has 16 heavy (non-hydrogen) atoms. The number of benzene rings is 1. The Labute approximate surface area is 108 Å². The van der Waals surface area contributed by atoms with Gasteiger partial charge < -0.3 is 11.8 Å². The third-order valence-corrected chi connectivity index (χ3v) is 2.10. The van der Waals surface area contributed by atoms with Gasteiger partial charge in [0.1, 0.15) is 5.82 Å². The van der Waals surface area contributed by atoms with Gasteiger partial charge in [0.2, 0.25) is 0 Å². The molecular formula is C11H15FLiNO2. The molecule has 2 N–H and O–H groups in total. The van der Waals surface area contributed by atoms with Gasteiger partial charge in [-0.15, -0.1) is 0 Å². The van der Waals surface area contributed by atoms with E-state index in [0.717, 1.165) is 5.56 Å². The minimum Gasteiger partial charge on any atom is -1.00 e. The van der Waals surface area contributed by atoms with Crippen molar-refractivity contribution in [1.82, 2.24) is 5.32 Å². The fraction of sp³-hybridized carbons (Fsp3) is 0.364. The SMILES string of the molecule is CCN[C@H](CC(=O)O)c1ccc(F)cc1.[H-].[Li+]. The largest absolute Gasteiger partial charge is 1.00 e. The molecule has 0 fully saturated rings. The zero-order valence-corrected chi connectivity index (χ0v) is 9.53. The molecule has 0 spiro atoms. The second kappa shape index (κ2) is 7.45. The van der Waals surface area contributed by atoms with Crippen LogP contribution in [0.15, 0.2) is 24.3 Å². The Kier molecular flexibility index (Phi) is 7.07. The van der Waals surface area contributed by atoms with Gasteiger partial charge in [-0.05, 0) is 24.2 Å². The predicted molar refractivity (Wildman–Crippen MR) is 56.2 cm³/mol. The predicted octanol–water partition coefficient (Wildman–Crippen LogP) is -0.932. The van der Waals surface area contributed by atoms with Crippen LogP contribution in [0.1, 0.15) is 26.4 Å².